The predicted octanol–water partition coefficient (Wildman–Crippen LogP) is 4.57. The number of para-hydroxylation sites is 1. The van der Waals surface area contributed by atoms with Crippen molar-refractivity contribution in [2.45, 2.75) is 6.04 Å². The van der Waals surface area contributed by atoms with Crippen LogP contribution in [0.25, 0.3) is 0 Å². The fraction of sp³-hybridized carbons (Fsp3) is 0.176. The fourth-order valence-corrected chi connectivity index (χ4v) is 3.85. The number of thiophene rings is 2. The maximum Gasteiger partial charge on any atom is 0.119 e. The molecule has 2 heterocycles. The molecule has 1 N–H and O–H groups in total. The van der Waals surface area contributed by atoms with Gasteiger partial charge in [0.25, 0.3) is 0 Å². The number of hydrogen-bond acceptors (Lipinski definition) is 4. The second-order valence-corrected chi connectivity index (χ2v) is 6.54. The smallest absolute Gasteiger partial charge is 0.119 e. The zero-order chi connectivity index (χ0) is 14.3. The third kappa shape index (κ3) is 3.94. The lowest BCUT2D eigenvalue weighted by atomic mass is 10.2. The molecule has 21 heavy (non-hydrogen) atoms. The molecule has 0 aliphatic heterocycles. The van der Waals surface area contributed by atoms with Crippen molar-refractivity contribution in [3.8, 4) is 5.75 Å². The molecule has 0 saturated heterocycles. The standard InChI is InChI=1S/C17H17NOS2/c1-2-6-14(7-3-1)19-11-10-18-17(15-8-4-12-20-15)16-9-5-13-21-16/h1-9,12-13,17-18H,10-11H2. The molecular formula is C17H17NOS2. The Bertz CT molecular complexity index is 586. The molecule has 4 heteroatoms. The van der Waals surface area contributed by atoms with E-state index in [0.29, 0.717) is 6.61 Å². The van der Waals surface area contributed by atoms with Crippen molar-refractivity contribution >= 4 is 22.7 Å². The van der Waals surface area contributed by atoms with Crippen LogP contribution in [0, 0.1) is 0 Å². The van der Waals surface area contributed by atoms with Crippen molar-refractivity contribution in [2.24, 2.45) is 0 Å². The average molecular weight is 315 g/mol. The molecule has 2 nitrogen and oxygen atoms in total. The Kier molecular flexibility index (Phi) is 5.05. The summed E-state index contributed by atoms with van der Waals surface area (Å²) >= 11 is 3.57. The van der Waals surface area contributed by atoms with E-state index < -0.39 is 0 Å². The second-order valence-electron chi connectivity index (χ2n) is 4.58. The molecule has 2 aromatic heterocycles. The first-order valence-electron chi connectivity index (χ1n) is 6.91. The molecule has 108 valence electrons. The van der Waals surface area contributed by atoms with Crippen LogP contribution in [0.15, 0.2) is 65.4 Å². The summed E-state index contributed by atoms with van der Waals surface area (Å²) in [6, 6.07) is 18.8. The maximum absolute atomic E-state index is 5.74. The Morgan fingerprint density at radius 1 is 0.857 bits per heavy atom. The second kappa shape index (κ2) is 7.41. The first kappa shape index (κ1) is 14.3. The molecule has 0 bridgehead atoms. The van der Waals surface area contributed by atoms with E-state index >= 15 is 0 Å². The van der Waals surface area contributed by atoms with Crippen LogP contribution >= 0.6 is 22.7 Å². The average Bonchev–Trinajstić information content (AvgIpc) is 3.22. The Balaban J connectivity index is 1.56. The minimum atomic E-state index is 0.268. The van der Waals surface area contributed by atoms with E-state index in [-0.39, 0.29) is 6.04 Å². The number of rotatable bonds is 7. The normalized spacial score (nSPS) is 10.9. The molecule has 0 radical (unpaired) electrons. The minimum Gasteiger partial charge on any atom is -0.492 e. The molecule has 0 spiro atoms. The molecule has 0 amide bonds. The Morgan fingerprint density at radius 3 is 2.10 bits per heavy atom. The fourth-order valence-electron chi connectivity index (χ4n) is 2.14. The van der Waals surface area contributed by atoms with Gasteiger partial charge in [-0.15, -0.1) is 22.7 Å². The molecule has 0 unspecified atom stereocenters. The number of ether oxygens (including phenoxy) is 1. The monoisotopic (exact) mass is 315 g/mol. The largest absolute Gasteiger partial charge is 0.492 e. The molecule has 0 aliphatic carbocycles. The minimum absolute atomic E-state index is 0.268. The highest BCUT2D eigenvalue weighted by Gasteiger charge is 2.15. The topological polar surface area (TPSA) is 21.3 Å². The van der Waals surface area contributed by atoms with Crippen molar-refractivity contribution < 1.29 is 4.74 Å². The molecule has 0 atom stereocenters. The molecule has 3 rings (SSSR count). The van der Waals surface area contributed by atoms with Crippen LogP contribution in [0.4, 0.5) is 0 Å². The van der Waals surface area contributed by atoms with Crippen LogP contribution in [-0.4, -0.2) is 13.2 Å². The van der Waals surface area contributed by atoms with Gasteiger partial charge < -0.3 is 10.1 Å². The summed E-state index contributed by atoms with van der Waals surface area (Å²) in [7, 11) is 0. The highest BCUT2D eigenvalue weighted by molar-refractivity contribution is 7.11. The van der Waals surface area contributed by atoms with Crippen LogP contribution < -0.4 is 10.1 Å². The Morgan fingerprint density at radius 2 is 1.52 bits per heavy atom. The van der Waals surface area contributed by atoms with Gasteiger partial charge in [0.05, 0.1) is 6.04 Å². The Labute approximate surface area is 133 Å². The van der Waals surface area contributed by atoms with Gasteiger partial charge in [-0.05, 0) is 35.0 Å². The molecule has 0 saturated carbocycles. The SMILES string of the molecule is c1ccc(OCCNC(c2cccs2)c2cccs2)cc1. The first-order valence-corrected chi connectivity index (χ1v) is 8.67. The lowest BCUT2D eigenvalue weighted by Crippen LogP contribution is -2.26. The van der Waals surface area contributed by atoms with Crippen molar-refractivity contribution in [1.82, 2.24) is 5.32 Å². The summed E-state index contributed by atoms with van der Waals surface area (Å²) in [5.41, 5.74) is 0. The van der Waals surface area contributed by atoms with Gasteiger partial charge in [-0.3, -0.25) is 0 Å². The van der Waals surface area contributed by atoms with Crippen molar-refractivity contribution in [2.75, 3.05) is 13.2 Å². The number of nitrogens with one attached hydrogen (secondary N) is 1. The summed E-state index contributed by atoms with van der Waals surface area (Å²) < 4.78 is 5.74. The van der Waals surface area contributed by atoms with Gasteiger partial charge in [0.15, 0.2) is 0 Å². The molecule has 0 fully saturated rings. The van der Waals surface area contributed by atoms with Gasteiger partial charge in [0, 0.05) is 16.3 Å². The van der Waals surface area contributed by atoms with Crippen molar-refractivity contribution in [1.29, 1.82) is 0 Å². The Hall–Kier alpha value is -1.62. The summed E-state index contributed by atoms with van der Waals surface area (Å²) in [6.07, 6.45) is 0. The number of hydrogen-bond donors (Lipinski definition) is 1. The van der Waals surface area contributed by atoms with E-state index in [1.165, 1.54) is 9.75 Å². The van der Waals surface area contributed by atoms with E-state index in [9.17, 15) is 0 Å². The summed E-state index contributed by atoms with van der Waals surface area (Å²) in [4.78, 5) is 2.69. The number of benzene rings is 1. The maximum atomic E-state index is 5.74. The van der Waals surface area contributed by atoms with Crippen LogP contribution in [0.1, 0.15) is 15.8 Å². The van der Waals surface area contributed by atoms with Crippen LogP contribution in [0.3, 0.4) is 0 Å². The van der Waals surface area contributed by atoms with Gasteiger partial charge >= 0.3 is 0 Å². The van der Waals surface area contributed by atoms with Crippen molar-refractivity contribution in [3.05, 3.63) is 75.1 Å². The highest BCUT2D eigenvalue weighted by Crippen LogP contribution is 2.28. The van der Waals surface area contributed by atoms with Gasteiger partial charge in [0.2, 0.25) is 0 Å². The van der Waals surface area contributed by atoms with Crippen LogP contribution in [-0.2, 0) is 0 Å². The van der Waals surface area contributed by atoms with E-state index in [4.69, 9.17) is 4.74 Å². The molecular weight excluding hydrogens is 298 g/mol. The highest BCUT2D eigenvalue weighted by atomic mass is 32.1. The lowest BCUT2D eigenvalue weighted by Gasteiger charge is -2.16. The van der Waals surface area contributed by atoms with Crippen molar-refractivity contribution in [3.63, 3.8) is 0 Å². The van der Waals surface area contributed by atoms with E-state index in [1.807, 2.05) is 30.3 Å². The van der Waals surface area contributed by atoms with E-state index in [0.717, 1.165) is 12.3 Å². The van der Waals surface area contributed by atoms with Gasteiger partial charge in [-0.2, -0.15) is 0 Å². The van der Waals surface area contributed by atoms with Crippen LogP contribution in [0.2, 0.25) is 0 Å². The lowest BCUT2D eigenvalue weighted by molar-refractivity contribution is 0.310. The zero-order valence-corrected chi connectivity index (χ0v) is 13.2. The van der Waals surface area contributed by atoms with Crippen LogP contribution in [0.5, 0.6) is 5.75 Å². The molecule has 3 aromatic rings. The van der Waals surface area contributed by atoms with Gasteiger partial charge in [-0.25, -0.2) is 0 Å². The van der Waals surface area contributed by atoms with Gasteiger partial charge in [0.1, 0.15) is 12.4 Å². The first-order chi connectivity index (χ1) is 10.4. The van der Waals surface area contributed by atoms with Gasteiger partial charge in [-0.1, -0.05) is 30.3 Å². The predicted molar refractivity (Wildman–Crippen MR) is 90.4 cm³/mol. The zero-order valence-electron chi connectivity index (χ0n) is 11.6. The molecule has 1 aromatic carbocycles. The van der Waals surface area contributed by atoms with E-state index in [2.05, 4.69) is 40.3 Å². The third-order valence-electron chi connectivity index (χ3n) is 3.12. The van der Waals surface area contributed by atoms with E-state index in [1.54, 1.807) is 22.7 Å². The summed E-state index contributed by atoms with van der Waals surface area (Å²) in [5.74, 6) is 0.920. The quantitative estimate of drug-likeness (QED) is 0.645. The third-order valence-corrected chi connectivity index (χ3v) is 4.99. The summed E-state index contributed by atoms with van der Waals surface area (Å²) in [5, 5.41) is 7.84. The molecule has 0 aliphatic rings. The summed E-state index contributed by atoms with van der Waals surface area (Å²) in [6.45, 7) is 1.48.